The van der Waals surface area contributed by atoms with Crippen molar-refractivity contribution in [2.24, 2.45) is 0 Å². The van der Waals surface area contributed by atoms with E-state index >= 15 is 0 Å². The Balaban J connectivity index is 1.94. The number of amides is 2. The van der Waals surface area contributed by atoms with Gasteiger partial charge in [0.2, 0.25) is 11.8 Å². The number of carbonyl (C=O) groups excluding carboxylic acids is 2. The van der Waals surface area contributed by atoms with Crippen molar-refractivity contribution in [1.29, 1.82) is 0 Å². The molecule has 156 valence electrons. The molecular weight excluding hydrogens is 390 g/mol. The molecule has 1 N–H and O–H groups in total. The number of carbonyl (C=O) groups is 2. The van der Waals surface area contributed by atoms with Crippen LogP contribution in [0.3, 0.4) is 0 Å². The molecule has 2 aromatic carbocycles. The Labute approximate surface area is 177 Å². The molecule has 7 heteroatoms. The van der Waals surface area contributed by atoms with Crippen LogP contribution in [0.2, 0.25) is 5.02 Å². The Bertz CT molecular complexity index is 855. The summed E-state index contributed by atoms with van der Waals surface area (Å²) in [5, 5.41) is 3.42. The molecule has 0 aromatic heterocycles. The Morgan fingerprint density at radius 1 is 1.14 bits per heavy atom. The summed E-state index contributed by atoms with van der Waals surface area (Å²) in [6, 6.07) is 12.5. The van der Waals surface area contributed by atoms with Gasteiger partial charge in [-0.25, -0.2) is 0 Å². The van der Waals surface area contributed by atoms with Gasteiger partial charge in [0.25, 0.3) is 0 Å². The summed E-state index contributed by atoms with van der Waals surface area (Å²) in [4.78, 5) is 28.4. The molecule has 0 fully saturated rings. The van der Waals surface area contributed by atoms with E-state index < -0.39 is 6.04 Å². The highest BCUT2D eigenvalue weighted by Crippen LogP contribution is 2.24. The van der Waals surface area contributed by atoms with Gasteiger partial charge in [-0.15, -0.1) is 0 Å². The third-order valence-corrected chi connectivity index (χ3v) is 5.01. The van der Waals surface area contributed by atoms with Gasteiger partial charge in [-0.1, -0.05) is 29.3 Å². The summed E-state index contributed by atoms with van der Waals surface area (Å²) in [7, 11) is 5.08. The molecule has 0 saturated carbocycles. The van der Waals surface area contributed by atoms with Crippen molar-refractivity contribution in [3.8, 4) is 5.75 Å². The van der Waals surface area contributed by atoms with Crippen molar-refractivity contribution in [2.45, 2.75) is 26.4 Å². The summed E-state index contributed by atoms with van der Waals surface area (Å²) in [6.07, 6.45) is 0. The maximum atomic E-state index is 12.8. The second kappa shape index (κ2) is 10.3. The van der Waals surface area contributed by atoms with Gasteiger partial charge in [-0.2, -0.15) is 0 Å². The second-order valence-electron chi connectivity index (χ2n) is 7.16. The summed E-state index contributed by atoms with van der Waals surface area (Å²) in [5.41, 5.74) is 2.71. The molecule has 2 amide bonds. The molecule has 0 spiro atoms. The van der Waals surface area contributed by atoms with Crippen LogP contribution >= 0.6 is 11.6 Å². The molecule has 1 atom stereocenters. The normalized spacial score (nSPS) is 11.8. The first-order chi connectivity index (χ1) is 13.7. The van der Waals surface area contributed by atoms with Gasteiger partial charge < -0.3 is 15.0 Å². The van der Waals surface area contributed by atoms with Crippen LogP contribution in [0.25, 0.3) is 0 Å². The maximum absolute atomic E-state index is 12.8. The van der Waals surface area contributed by atoms with Crippen LogP contribution in [0.5, 0.6) is 5.75 Å². The van der Waals surface area contributed by atoms with Crippen LogP contribution in [-0.2, 0) is 16.1 Å². The standard InChI is InChI=1S/C22H28ClN3O3/c1-15-6-9-19(10-7-15)24-21(27)14-26(4)22(28)16(2)25(3)13-17-12-18(23)8-11-20(17)29-5/h6-12,16H,13-14H2,1-5H3,(H,24,27)/t16-/m0/s1. The van der Waals surface area contributed by atoms with Crippen LogP contribution in [0.15, 0.2) is 42.5 Å². The minimum absolute atomic E-state index is 0.0224. The molecule has 0 aliphatic carbocycles. The first kappa shape index (κ1) is 22.7. The molecule has 0 aliphatic heterocycles. The third-order valence-electron chi connectivity index (χ3n) is 4.77. The smallest absolute Gasteiger partial charge is 0.243 e. The van der Waals surface area contributed by atoms with Gasteiger partial charge >= 0.3 is 0 Å². The number of likely N-dealkylation sites (N-methyl/N-ethyl adjacent to an activating group) is 2. The Hall–Kier alpha value is -2.57. The number of ether oxygens (including phenoxy) is 1. The number of benzene rings is 2. The number of nitrogens with one attached hydrogen (secondary N) is 1. The van der Waals surface area contributed by atoms with Crippen molar-refractivity contribution in [3.63, 3.8) is 0 Å². The van der Waals surface area contributed by atoms with E-state index in [4.69, 9.17) is 16.3 Å². The van der Waals surface area contributed by atoms with Crippen LogP contribution < -0.4 is 10.1 Å². The minimum atomic E-state index is -0.420. The zero-order valence-corrected chi connectivity index (χ0v) is 18.3. The number of nitrogens with zero attached hydrogens (tertiary/aromatic N) is 2. The largest absolute Gasteiger partial charge is 0.496 e. The highest BCUT2D eigenvalue weighted by molar-refractivity contribution is 6.30. The SMILES string of the molecule is COc1ccc(Cl)cc1CN(C)[C@@H](C)C(=O)N(C)CC(=O)Nc1ccc(C)cc1. The lowest BCUT2D eigenvalue weighted by atomic mass is 10.1. The van der Waals surface area contributed by atoms with Crippen molar-refractivity contribution in [3.05, 3.63) is 58.6 Å². The molecule has 6 nitrogen and oxygen atoms in total. The molecule has 0 aliphatic rings. The Morgan fingerprint density at radius 2 is 1.79 bits per heavy atom. The number of aryl methyl sites for hydroxylation is 1. The number of hydrogen-bond donors (Lipinski definition) is 1. The first-order valence-electron chi connectivity index (χ1n) is 9.35. The molecule has 0 bridgehead atoms. The van der Waals surface area contributed by atoms with Gasteiger partial charge in [0.1, 0.15) is 5.75 Å². The minimum Gasteiger partial charge on any atom is -0.496 e. The topological polar surface area (TPSA) is 61.9 Å². The Morgan fingerprint density at radius 3 is 2.41 bits per heavy atom. The van der Waals surface area contributed by atoms with E-state index in [-0.39, 0.29) is 18.4 Å². The zero-order chi connectivity index (χ0) is 21.6. The predicted octanol–water partition coefficient (Wildman–Crippen LogP) is 3.57. The van der Waals surface area contributed by atoms with E-state index in [1.807, 2.05) is 56.1 Å². The van der Waals surface area contributed by atoms with Gasteiger partial charge in [-0.3, -0.25) is 14.5 Å². The van der Waals surface area contributed by atoms with Crippen molar-refractivity contribution >= 4 is 29.1 Å². The fourth-order valence-electron chi connectivity index (χ4n) is 2.91. The summed E-state index contributed by atoms with van der Waals surface area (Å²) < 4.78 is 5.37. The molecule has 29 heavy (non-hydrogen) atoms. The average molecular weight is 418 g/mol. The number of rotatable bonds is 8. The zero-order valence-electron chi connectivity index (χ0n) is 17.5. The van der Waals surface area contributed by atoms with E-state index in [1.165, 1.54) is 4.90 Å². The van der Waals surface area contributed by atoms with Gasteiger partial charge in [0.05, 0.1) is 19.7 Å². The second-order valence-corrected chi connectivity index (χ2v) is 7.59. The molecular formula is C22H28ClN3O3. The number of hydrogen-bond acceptors (Lipinski definition) is 4. The predicted molar refractivity (Wildman–Crippen MR) is 116 cm³/mol. The van der Waals surface area contributed by atoms with Crippen molar-refractivity contribution in [1.82, 2.24) is 9.80 Å². The molecule has 0 heterocycles. The van der Waals surface area contributed by atoms with Gasteiger partial charge in [0.15, 0.2) is 0 Å². The van der Waals surface area contributed by atoms with Gasteiger partial charge in [0, 0.05) is 29.9 Å². The molecule has 2 aromatic rings. The lowest BCUT2D eigenvalue weighted by Gasteiger charge is -2.28. The van der Waals surface area contributed by atoms with Crippen LogP contribution in [0, 0.1) is 6.92 Å². The van der Waals surface area contributed by atoms with Gasteiger partial charge in [-0.05, 0) is 51.2 Å². The first-order valence-corrected chi connectivity index (χ1v) is 9.73. The van der Waals surface area contributed by atoms with Crippen LogP contribution in [0.4, 0.5) is 5.69 Å². The average Bonchev–Trinajstić information content (AvgIpc) is 2.68. The third kappa shape index (κ3) is 6.48. The lowest BCUT2D eigenvalue weighted by molar-refractivity contribution is -0.137. The van der Waals surface area contributed by atoms with E-state index in [1.54, 1.807) is 26.3 Å². The fourth-order valence-corrected chi connectivity index (χ4v) is 3.11. The monoisotopic (exact) mass is 417 g/mol. The van der Waals surface area contributed by atoms with Crippen LogP contribution in [0.1, 0.15) is 18.1 Å². The van der Waals surface area contributed by atoms with Crippen molar-refractivity contribution < 1.29 is 14.3 Å². The van der Waals surface area contributed by atoms with E-state index in [9.17, 15) is 9.59 Å². The molecule has 0 radical (unpaired) electrons. The quantitative estimate of drug-likeness (QED) is 0.713. The van der Waals surface area contributed by atoms with E-state index in [0.717, 1.165) is 11.1 Å². The summed E-state index contributed by atoms with van der Waals surface area (Å²) >= 11 is 6.09. The fraction of sp³-hybridized carbons (Fsp3) is 0.364. The summed E-state index contributed by atoms with van der Waals surface area (Å²) in [6.45, 7) is 4.26. The number of methoxy groups -OCH3 is 1. The highest BCUT2D eigenvalue weighted by atomic mass is 35.5. The lowest BCUT2D eigenvalue weighted by Crippen LogP contribution is -2.46. The Kier molecular flexibility index (Phi) is 8.05. The number of halogens is 1. The van der Waals surface area contributed by atoms with Crippen molar-refractivity contribution in [2.75, 3.05) is 33.1 Å². The van der Waals surface area contributed by atoms with Crippen LogP contribution in [-0.4, -0.2) is 55.4 Å². The maximum Gasteiger partial charge on any atom is 0.243 e. The van der Waals surface area contributed by atoms with E-state index in [2.05, 4.69) is 5.32 Å². The molecule has 2 rings (SSSR count). The molecule has 0 unspecified atom stereocenters. The summed E-state index contributed by atoms with van der Waals surface area (Å²) in [5.74, 6) is 0.329. The van der Waals surface area contributed by atoms with E-state index in [0.29, 0.717) is 23.0 Å². The number of anilines is 1. The molecule has 0 saturated heterocycles. The highest BCUT2D eigenvalue weighted by Gasteiger charge is 2.24.